The molecule has 0 aliphatic carbocycles. The average molecular weight is 302 g/mol. The number of imidazole rings is 1. The molecule has 0 aliphatic rings. The van der Waals surface area contributed by atoms with Crippen molar-refractivity contribution in [3.8, 4) is 11.5 Å². The van der Waals surface area contributed by atoms with E-state index in [4.69, 9.17) is 9.47 Å². The van der Waals surface area contributed by atoms with E-state index >= 15 is 0 Å². The summed E-state index contributed by atoms with van der Waals surface area (Å²) in [6.45, 7) is 1.87. The number of fused-ring (bicyclic) bond motifs is 1. The number of benzene rings is 1. The maximum atomic E-state index is 11.4. The molecule has 0 unspecified atom stereocenters. The summed E-state index contributed by atoms with van der Waals surface area (Å²) in [5, 5.41) is 1.98. The van der Waals surface area contributed by atoms with E-state index in [0.717, 1.165) is 10.7 Å². The van der Waals surface area contributed by atoms with Crippen LogP contribution in [0.15, 0.2) is 36.0 Å². The molecule has 0 spiro atoms. The van der Waals surface area contributed by atoms with E-state index in [1.807, 2.05) is 22.2 Å². The number of nitrogens with zero attached hydrogens (tertiary/aromatic N) is 2. The van der Waals surface area contributed by atoms with Gasteiger partial charge >= 0.3 is 0 Å². The normalized spacial score (nSPS) is 10.8. The molecule has 3 rings (SSSR count). The molecule has 5 nitrogen and oxygen atoms in total. The van der Waals surface area contributed by atoms with Gasteiger partial charge in [0.2, 0.25) is 0 Å². The Kier molecular flexibility index (Phi) is 3.62. The van der Waals surface area contributed by atoms with E-state index in [2.05, 4.69) is 4.98 Å². The van der Waals surface area contributed by atoms with Crippen LogP contribution in [0.2, 0.25) is 0 Å². The van der Waals surface area contributed by atoms with Gasteiger partial charge in [-0.1, -0.05) is 0 Å². The quantitative estimate of drug-likeness (QED) is 0.679. The van der Waals surface area contributed by atoms with Gasteiger partial charge in [0, 0.05) is 23.3 Å². The Morgan fingerprint density at radius 2 is 2.24 bits per heavy atom. The van der Waals surface area contributed by atoms with Gasteiger partial charge in [-0.3, -0.25) is 9.20 Å². The SMILES string of the molecule is COc1cc(C(C)=O)ccc1OCc1cn2ccsc2n1. The molecule has 21 heavy (non-hydrogen) atoms. The number of ketones is 1. The second-order valence-electron chi connectivity index (χ2n) is 4.54. The first-order chi connectivity index (χ1) is 10.2. The molecule has 3 aromatic rings. The lowest BCUT2D eigenvalue weighted by atomic mass is 10.1. The maximum Gasteiger partial charge on any atom is 0.193 e. The van der Waals surface area contributed by atoms with E-state index in [-0.39, 0.29) is 5.78 Å². The van der Waals surface area contributed by atoms with Gasteiger partial charge in [-0.15, -0.1) is 11.3 Å². The largest absolute Gasteiger partial charge is 0.493 e. The number of hydrogen-bond acceptors (Lipinski definition) is 5. The number of aromatic nitrogens is 2. The first-order valence-electron chi connectivity index (χ1n) is 6.40. The minimum Gasteiger partial charge on any atom is -0.493 e. The van der Waals surface area contributed by atoms with Crippen LogP contribution in [0.25, 0.3) is 4.96 Å². The molecule has 0 aliphatic heterocycles. The van der Waals surface area contributed by atoms with Crippen LogP contribution in [0.5, 0.6) is 11.5 Å². The standard InChI is InChI=1S/C15H14N2O3S/c1-10(18)11-3-4-13(14(7-11)19-2)20-9-12-8-17-5-6-21-15(17)16-12/h3-8H,9H2,1-2H3. The second kappa shape index (κ2) is 5.57. The summed E-state index contributed by atoms with van der Waals surface area (Å²) in [6.07, 6.45) is 3.89. The Balaban J connectivity index is 1.77. The maximum absolute atomic E-state index is 11.4. The van der Waals surface area contributed by atoms with E-state index in [1.165, 1.54) is 6.92 Å². The molecule has 0 amide bonds. The summed E-state index contributed by atoms with van der Waals surface area (Å²) in [4.78, 5) is 16.8. The molecule has 0 saturated carbocycles. The van der Waals surface area contributed by atoms with Crippen LogP contribution in [0.3, 0.4) is 0 Å². The Morgan fingerprint density at radius 3 is 2.95 bits per heavy atom. The fourth-order valence-corrected chi connectivity index (χ4v) is 2.72. The molecular formula is C15H14N2O3S. The summed E-state index contributed by atoms with van der Waals surface area (Å²) in [5.74, 6) is 1.14. The van der Waals surface area contributed by atoms with Crippen LogP contribution < -0.4 is 9.47 Å². The van der Waals surface area contributed by atoms with Gasteiger partial charge in [-0.25, -0.2) is 4.98 Å². The van der Waals surface area contributed by atoms with Crippen molar-refractivity contribution in [2.45, 2.75) is 13.5 Å². The van der Waals surface area contributed by atoms with Crippen LogP contribution in [0.1, 0.15) is 23.0 Å². The lowest BCUT2D eigenvalue weighted by Crippen LogP contribution is -2.00. The van der Waals surface area contributed by atoms with Gasteiger partial charge in [0.15, 0.2) is 22.2 Å². The van der Waals surface area contributed by atoms with E-state index in [0.29, 0.717) is 23.7 Å². The number of Topliss-reactive ketones (excluding diaryl/α,β-unsaturated/α-hetero) is 1. The summed E-state index contributed by atoms with van der Waals surface area (Å²) in [6, 6.07) is 5.16. The third-order valence-electron chi connectivity index (χ3n) is 3.09. The number of thiazole rings is 1. The fraction of sp³-hybridized carbons (Fsp3) is 0.200. The molecule has 0 N–H and O–H groups in total. The van der Waals surface area contributed by atoms with Crippen LogP contribution in [-0.2, 0) is 6.61 Å². The minimum atomic E-state index is -0.00538. The molecule has 0 atom stereocenters. The van der Waals surface area contributed by atoms with Crippen molar-refractivity contribution in [1.82, 2.24) is 9.38 Å². The molecular weight excluding hydrogens is 288 g/mol. The van der Waals surface area contributed by atoms with Gasteiger partial charge in [0.1, 0.15) is 6.61 Å². The highest BCUT2D eigenvalue weighted by Gasteiger charge is 2.10. The van der Waals surface area contributed by atoms with Crippen molar-refractivity contribution in [1.29, 1.82) is 0 Å². The van der Waals surface area contributed by atoms with E-state index in [9.17, 15) is 4.79 Å². The summed E-state index contributed by atoms with van der Waals surface area (Å²) in [5.41, 5.74) is 1.45. The van der Waals surface area contributed by atoms with Gasteiger partial charge in [-0.05, 0) is 25.1 Å². The first-order valence-corrected chi connectivity index (χ1v) is 7.28. The fourth-order valence-electron chi connectivity index (χ4n) is 2.00. The number of carbonyl (C=O) groups is 1. The molecule has 0 fully saturated rings. The molecule has 0 saturated heterocycles. The van der Waals surface area contributed by atoms with E-state index < -0.39 is 0 Å². The van der Waals surface area contributed by atoms with Crippen molar-refractivity contribution >= 4 is 22.1 Å². The first kappa shape index (κ1) is 13.6. The molecule has 0 radical (unpaired) electrons. The Labute approximate surface area is 125 Å². The van der Waals surface area contributed by atoms with Crippen LogP contribution in [0, 0.1) is 0 Å². The average Bonchev–Trinajstić information content (AvgIpc) is 3.05. The van der Waals surface area contributed by atoms with Crippen LogP contribution >= 0.6 is 11.3 Å². The van der Waals surface area contributed by atoms with Crippen molar-refractivity contribution < 1.29 is 14.3 Å². The molecule has 2 aromatic heterocycles. The molecule has 2 heterocycles. The zero-order chi connectivity index (χ0) is 14.8. The number of rotatable bonds is 5. The Bertz CT molecular complexity index is 763. The highest BCUT2D eigenvalue weighted by atomic mass is 32.1. The highest BCUT2D eigenvalue weighted by molar-refractivity contribution is 7.15. The van der Waals surface area contributed by atoms with E-state index in [1.54, 1.807) is 36.6 Å². The van der Waals surface area contributed by atoms with Gasteiger partial charge in [0.25, 0.3) is 0 Å². The highest BCUT2D eigenvalue weighted by Crippen LogP contribution is 2.29. The monoisotopic (exact) mass is 302 g/mol. The molecule has 0 bridgehead atoms. The number of methoxy groups -OCH3 is 1. The molecule has 1 aromatic carbocycles. The lowest BCUT2D eigenvalue weighted by molar-refractivity contribution is 0.101. The topological polar surface area (TPSA) is 52.8 Å². The Hall–Kier alpha value is -2.34. The van der Waals surface area contributed by atoms with Crippen molar-refractivity contribution in [3.63, 3.8) is 0 Å². The third kappa shape index (κ3) is 2.75. The van der Waals surface area contributed by atoms with Crippen LogP contribution in [-0.4, -0.2) is 22.3 Å². The number of hydrogen-bond donors (Lipinski definition) is 0. The smallest absolute Gasteiger partial charge is 0.193 e. The summed E-state index contributed by atoms with van der Waals surface area (Å²) < 4.78 is 13.0. The molecule has 6 heteroatoms. The number of ether oxygens (including phenoxy) is 2. The van der Waals surface area contributed by atoms with Crippen LogP contribution in [0.4, 0.5) is 0 Å². The summed E-state index contributed by atoms with van der Waals surface area (Å²) in [7, 11) is 1.55. The zero-order valence-electron chi connectivity index (χ0n) is 11.7. The summed E-state index contributed by atoms with van der Waals surface area (Å²) >= 11 is 1.58. The lowest BCUT2D eigenvalue weighted by Gasteiger charge is -2.10. The van der Waals surface area contributed by atoms with Crippen molar-refractivity contribution in [2.24, 2.45) is 0 Å². The van der Waals surface area contributed by atoms with Gasteiger partial charge in [0.05, 0.1) is 12.8 Å². The predicted octanol–water partition coefficient (Wildman–Crippen LogP) is 3.19. The molecule has 108 valence electrons. The minimum absolute atomic E-state index is 0.00538. The van der Waals surface area contributed by atoms with Gasteiger partial charge < -0.3 is 9.47 Å². The predicted molar refractivity (Wildman–Crippen MR) is 80.4 cm³/mol. The zero-order valence-corrected chi connectivity index (χ0v) is 12.5. The van der Waals surface area contributed by atoms with Gasteiger partial charge in [-0.2, -0.15) is 0 Å². The Morgan fingerprint density at radius 1 is 1.38 bits per heavy atom. The van der Waals surface area contributed by atoms with Crippen molar-refractivity contribution in [3.05, 3.63) is 47.2 Å². The number of carbonyl (C=O) groups excluding carboxylic acids is 1. The van der Waals surface area contributed by atoms with Crippen molar-refractivity contribution in [2.75, 3.05) is 7.11 Å². The third-order valence-corrected chi connectivity index (χ3v) is 3.86. The second-order valence-corrected chi connectivity index (χ2v) is 5.41.